The molecule has 104 valence electrons. The fourth-order valence-corrected chi connectivity index (χ4v) is 2.20. The molecule has 0 aliphatic rings. The Morgan fingerprint density at radius 3 is 2.50 bits per heavy atom. The van der Waals surface area contributed by atoms with Gasteiger partial charge in [-0.15, -0.1) is 0 Å². The third kappa shape index (κ3) is 3.06. The summed E-state index contributed by atoms with van der Waals surface area (Å²) in [6, 6.07) is 13.1. The number of halogens is 2. The first-order valence-corrected chi connectivity index (χ1v) is 6.60. The van der Waals surface area contributed by atoms with Crippen LogP contribution >= 0.6 is 11.6 Å². The maximum atomic E-state index is 13.0. The highest BCUT2D eigenvalue weighted by Crippen LogP contribution is 2.24. The molecular weight excluding hydrogens is 277 g/mol. The topological polar surface area (TPSA) is 43.1 Å². The number of carbonyl (C=O) groups is 1. The normalized spacial score (nSPS) is 13.8. The number of ketones is 1. The Morgan fingerprint density at radius 2 is 1.90 bits per heavy atom. The first-order chi connectivity index (χ1) is 9.41. The average molecular weight is 292 g/mol. The Bertz CT molecular complexity index is 626. The molecule has 0 heterocycles. The highest BCUT2D eigenvalue weighted by molar-refractivity contribution is 6.31. The summed E-state index contributed by atoms with van der Waals surface area (Å²) in [7, 11) is 0. The van der Waals surface area contributed by atoms with Crippen LogP contribution in [0.4, 0.5) is 4.39 Å². The predicted octanol–water partition coefficient (Wildman–Crippen LogP) is 3.46. The fourth-order valence-electron chi connectivity index (χ4n) is 1.97. The van der Waals surface area contributed by atoms with Crippen molar-refractivity contribution in [3.63, 3.8) is 0 Å². The van der Waals surface area contributed by atoms with Crippen molar-refractivity contribution in [1.29, 1.82) is 0 Å². The van der Waals surface area contributed by atoms with Crippen LogP contribution in [-0.4, -0.2) is 5.78 Å². The van der Waals surface area contributed by atoms with Crippen molar-refractivity contribution in [3.8, 4) is 0 Å². The lowest BCUT2D eigenvalue weighted by Gasteiger charge is -2.24. The Labute approximate surface area is 122 Å². The Balaban J connectivity index is 2.23. The van der Waals surface area contributed by atoms with Gasteiger partial charge in [-0.2, -0.15) is 0 Å². The van der Waals surface area contributed by atoms with E-state index in [1.165, 1.54) is 18.2 Å². The van der Waals surface area contributed by atoms with Gasteiger partial charge in [0.25, 0.3) is 0 Å². The van der Waals surface area contributed by atoms with Crippen molar-refractivity contribution in [2.24, 2.45) is 5.73 Å². The monoisotopic (exact) mass is 291 g/mol. The molecule has 0 radical (unpaired) electrons. The van der Waals surface area contributed by atoms with Crippen molar-refractivity contribution in [1.82, 2.24) is 0 Å². The third-order valence-corrected chi connectivity index (χ3v) is 3.67. The van der Waals surface area contributed by atoms with Gasteiger partial charge < -0.3 is 5.73 Å². The molecule has 0 fully saturated rings. The number of nitrogens with two attached hydrogens (primary N) is 1. The van der Waals surface area contributed by atoms with Crippen LogP contribution in [0.5, 0.6) is 0 Å². The molecule has 4 heteroatoms. The molecule has 0 amide bonds. The minimum Gasteiger partial charge on any atom is -0.315 e. The lowest BCUT2D eigenvalue weighted by atomic mass is 9.86. The van der Waals surface area contributed by atoms with Gasteiger partial charge in [-0.1, -0.05) is 48.0 Å². The molecule has 0 spiro atoms. The Morgan fingerprint density at radius 1 is 1.25 bits per heavy atom. The van der Waals surface area contributed by atoms with Crippen LogP contribution in [0.25, 0.3) is 0 Å². The van der Waals surface area contributed by atoms with Gasteiger partial charge in [-0.3, -0.25) is 4.79 Å². The van der Waals surface area contributed by atoms with Gasteiger partial charge in [0.1, 0.15) is 5.82 Å². The Hall–Kier alpha value is -1.71. The van der Waals surface area contributed by atoms with Crippen LogP contribution in [0.2, 0.25) is 5.02 Å². The van der Waals surface area contributed by atoms with Crippen molar-refractivity contribution in [3.05, 3.63) is 70.5 Å². The molecule has 20 heavy (non-hydrogen) atoms. The van der Waals surface area contributed by atoms with Gasteiger partial charge >= 0.3 is 0 Å². The zero-order chi connectivity index (χ0) is 14.8. The van der Waals surface area contributed by atoms with Crippen LogP contribution in [0.15, 0.2) is 48.5 Å². The third-order valence-electron chi connectivity index (χ3n) is 3.32. The second kappa shape index (κ2) is 5.73. The van der Waals surface area contributed by atoms with Crippen molar-refractivity contribution in [2.45, 2.75) is 18.9 Å². The maximum Gasteiger partial charge on any atom is 0.161 e. The summed E-state index contributed by atoms with van der Waals surface area (Å²) in [6.07, 6.45) is 0.0704. The molecule has 2 nitrogen and oxygen atoms in total. The van der Waals surface area contributed by atoms with Crippen LogP contribution in [-0.2, 0) is 16.8 Å². The number of hydrogen-bond acceptors (Lipinski definition) is 2. The van der Waals surface area contributed by atoms with E-state index >= 15 is 0 Å². The second-order valence-corrected chi connectivity index (χ2v) is 5.31. The highest BCUT2D eigenvalue weighted by Gasteiger charge is 2.30. The SMILES string of the molecule is CC(N)(C(=O)Cc1ccc(F)cc1Cl)c1ccccc1. The molecule has 0 bridgehead atoms. The second-order valence-electron chi connectivity index (χ2n) is 4.90. The lowest BCUT2D eigenvalue weighted by Crippen LogP contribution is -2.42. The summed E-state index contributed by atoms with van der Waals surface area (Å²) in [5.74, 6) is -0.595. The highest BCUT2D eigenvalue weighted by atomic mass is 35.5. The maximum absolute atomic E-state index is 13.0. The number of Topliss-reactive ketones (excluding diaryl/α,β-unsaturated/α-hetero) is 1. The molecule has 1 atom stereocenters. The molecule has 2 N–H and O–H groups in total. The van der Waals surface area contributed by atoms with E-state index in [9.17, 15) is 9.18 Å². The molecule has 0 aliphatic heterocycles. The van der Waals surface area contributed by atoms with Crippen molar-refractivity contribution < 1.29 is 9.18 Å². The number of carbonyl (C=O) groups excluding carboxylic acids is 1. The van der Waals surface area contributed by atoms with Crippen LogP contribution in [0, 0.1) is 5.82 Å². The predicted molar refractivity (Wildman–Crippen MR) is 78.1 cm³/mol. The van der Waals surface area contributed by atoms with E-state index < -0.39 is 11.4 Å². The minimum absolute atomic E-state index is 0.0704. The van der Waals surface area contributed by atoms with E-state index in [4.69, 9.17) is 17.3 Å². The summed E-state index contributed by atoms with van der Waals surface area (Å²) in [4.78, 5) is 12.4. The molecule has 0 saturated carbocycles. The molecule has 1 unspecified atom stereocenters. The fraction of sp³-hybridized carbons (Fsp3) is 0.188. The quantitative estimate of drug-likeness (QED) is 0.937. The van der Waals surface area contributed by atoms with E-state index in [-0.39, 0.29) is 17.2 Å². The first kappa shape index (κ1) is 14.7. The Kier molecular flexibility index (Phi) is 4.21. The van der Waals surface area contributed by atoms with E-state index in [2.05, 4.69) is 0 Å². The first-order valence-electron chi connectivity index (χ1n) is 6.23. The van der Waals surface area contributed by atoms with Crippen LogP contribution in [0.1, 0.15) is 18.1 Å². The average Bonchev–Trinajstić information content (AvgIpc) is 2.42. The van der Waals surface area contributed by atoms with E-state index in [0.29, 0.717) is 5.56 Å². The molecule has 2 aromatic rings. The number of rotatable bonds is 4. The molecule has 0 saturated heterocycles. The van der Waals surface area contributed by atoms with Crippen molar-refractivity contribution >= 4 is 17.4 Å². The van der Waals surface area contributed by atoms with Gasteiger partial charge in [0.15, 0.2) is 5.78 Å². The zero-order valence-electron chi connectivity index (χ0n) is 11.1. The summed E-state index contributed by atoms with van der Waals surface area (Å²) >= 11 is 5.94. The minimum atomic E-state index is -1.10. The number of hydrogen-bond donors (Lipinski definition) is 1. The molecule has 0 aliphatic carbocycles. The van der Waals surface area contributed by atoms with Crippen LogP contribution < -0.4 is 5.73 Å². The standard InChI is InChI=1S/C16H15ClFNO/c1-16(19,12-5-3-2-4-6-12)15(20)9-11-7-8-13(18)10-14(11)17/h2-8,10H,9,19H2,1H3. The lowest BCUT2D eigenvalue weighted by molar-refractivity contribution is -0.123. The van der Waals surface area contributed by atoms with E-state index in [0.717, 1.165) is 5.56 Å². The molecule has 0 aromatic heterocycles. The van der Waals surface area contributed by atoms with Gasteiger partial charge in [0.05, 0.1) is 5.54 Å². The van der Waals surface area contributed by atoms with Gasteiger partial charge in [0, 0.05) is 11.4 Å². The van der Waals surface area contributed by atoms with Gasteiger partial charge in [-0.25, -0.2) is 4.39 Å². The van der Waals surface area contributed by atoms with Crippen molar-refractivity contribution in [2.75, 3.05) is 0 Å². The van der Waals surface area contributed by atoms with E-state index in [1.54, 1.807) is 6.92 Å². The summed E-state index contributed by atoms with van der Waals surface area (Å²) in [6.45, 7) is 1.67. The largest absolute Gasteiger partial charge is 0.315 e. The molecule has 2 rings (SSSR count). The number of benzene rings is 2. The van der Waals surface area contributed by atoms with Gasteiger partial charge in [0.2, 0.25) is 0 Å². The summed E-state index contributed by atoms with van der Waals surface area (Å²) in [5.41, 5.74) is 6.36. The smallest absolute Gasteiger partial charge is 0.161 e. The van der Waals surface area contributed by atoms with Crippen LogP contribution in [0.3, 0.4) is 0 Å². The summed E-state index contributed by atoms with van der Waals surface area (Å²) < 4.78 is 13.0. The van der Waals surface area contributed by atoms with E-state index in [1.807, 2.05) is 30.3 Å². The molecule has 2 aromatic carbocycles. The molecular formula is C16H15ClFNO. The van der Waals surface area contributed by atoms with Gasteiger partial charge in [-0.05, 0) is 30.2 Å². The summed E-state index contributed by atoms with van der Waals surface area (Å²) in [5, 5.41) is 0.238. The zero-order valence-corrected chi connectivity index (χ0v) is 11.8.